The number of ether oxygens (including phenoxy) is 1. The Balaban J connectivity index is 2.25. The molecule has 0 aliphatic rings. The zero-order chi connectivity index (χ0) is 13.1. The number of nitro benzene ring substituents is 1. The molecule has 7 nitrogen and oxygen atoms in total. The molecule has 92 valence electrons. The Morgan fingerprint density at radius 3 is 2.78 bits per heavy atom. The lowest BCUT2D eigenvalue weighted by atomic mass is 10.3. The fraction of sp³-hybridized carbons (Fsp3) is 0. The molecule has 2 N–H and O–H groups in total. The van der Waals surface area contributed by atoms with Crippen LogP contribution in [0.4, 0.5) is 11.5 Å². The molecular formula is C10H7ClN4O3. The van der Waals surface area contributed by atoms with E-state index in [4.69, 9.17) is 22.1 Å². The van der Waals surface area contributed by atoms with Gasteiger partial charge in [0.1, 0.15) is 16.6 Å². The summed E-state index contributed by atoms with van der Waals surface area (Å²) in [6, 6.07) is 5.50. The standard InChI is InChI=1S/C10H7ClN4O3/c11-7-5-6(1-2-8(7)15(16)17)18-10-13-4-3-9(12)14-10/h1-5H,(H2,12,13,14). The SMILES string of the molecule is Nc1ccnc(Oc2ccc([N+](=O)[O-])c(Cl)c2)n1. The molecule has 0 aliphatic heterocycles. The monoisotopic (exact) mass is 266 g/mol. The van der Waals surface area contributed by atoms with E-state index in [9.17, 15) is 10.1 Å². The minimum atomic E-state index is -0.580. The first-order valence-corrected chi connectivity index (χ1v) is 5.14. The van der Waals surface area contributed by atoms with Crippen molar-refractivity contribution in [2.24, 2.45) is 0 Å². The van der Waals surface area contributed by atoms with Crippen molar-refractivity contribution >= 4 is 23.1 Å². The quantitative estimate of drug-likeness (QED) is 0.676. The van der Waals surface area contributed by atoms with Crippen molar-refractivity contribution in [1.29, 1.82) is 0 Å². The number of hydrogen-bond donors (Lipinski definition) is 1. The van der Waals surface area contributed by atoms with E-state index >= 15 is 0 Å². The van der Waals surface area contributed by atoms with Crippen molar-refractivity contribution in [3.63, 3.8) is 0 Å². The van der Waals surface area contributed by atoms with Crippen LogP contribution < -0.4 is 10.5 Å². The summed E-state index contributed by atoms with van der Waals surface area (Å²) in [5.41, 5.74) is 5.26. The Morgan fingerprint density at radius 1 is 1.39 bits per heavy atom. The third-order valence-electron chi connectivity index (χ3n) is 1.98. The van der Waals surface area contributed by atoms with Crippen LogP contribution in [-0.2, 0) is 0 Å². The maximum atomic E-state index is 10.6. The van der Waals surface area contributed by atoms with Gasteiger partial charge in [0.25, 0.3) is 5.69 Å². The van der Waals surface area contributed by atoms with Gasteiger partial charge in [0, 0.05) is 18.3 Å². The molecule has 0 unspecified atom stereocenters. The van der Waals surface area contributed by atoms with E-state index in [1.54, 1.807) is 0 Å². The lowest BCUT2D eigenvalue weighted by Gasteiger charge is -2.04. The van der Waals surface area contributed by atoms with Crippen molar-refractivity contribution in [3.05, 3.63) is 45.6 Å². The molecule has 0 saturated heterocycles. The number of anilines is 1. The van der Waals surface area contributed by atoms with Crippen LogP contribution in [0.25, 0.3) is 0 Å². The zero-order valence-corrected chi connectivity index (χ0v) is 9.66. The molecule has 0 atom stereocenters. The third-order valence-corrected chi connectivity index (χ3v) is 2.28. The molecule has 8 heteroatoms. The second-order valence-corrected chi connectivity index (χ2v) is 3.64. The first-order chi connectivity index (χ1) is 8.56. The highest BCUT2D eigenvalue weighted by Crippen LogP contribution is 2.29. The zero-order valence-electron chi connectivity index (χ0n) is 8.91. The third kappa shape index (κ3) is 2.64. The predicted octanol–water partition coefficient (Wildman–Crippen LogP) is 2.41. The van der Waals surface area contributed by atoms with Crippen LogP contribution in [0.2, 0.25) is 5.02 Å². The molecule has 0 spiro atoms. The number of halogens is 1. The lowest BCUT2D eigenvalue weighted by Crippen LogP contribution is -1.96. The highest BCUT2D eigenvalue weighted by atomic mass is 35.5. The number of nitro groups is 1. The Labute approximate surface area is 106 Å². The summed E-state index contributed by atoms with van der Waals surface area (Å²) in [4.78, 5) is 17.6. The molecule has 0 radical (unpaired) electrons. The molecule has 0 amide bonds. The number of hydrogen-bond acceptors (Lipinski definition) is 6. The first-order valence-electron chi connectivity index (χ1n) is 4.76. The summed E-state index contributed by atoms with van der Waals surface area (Å²) in [5.74, 6) is 0.546. The fourth-order valence-electron chi connectivity index (χ4n) is 1.21. The smallest absolute Gasteiger partial charge is 0.323 e. The summed E-state index contributed by atoms with van der Waals surface area (Å²) in [6.07, 6.45) is 1.44. The molecule has 0 saturated carbocycles. The highest BCUT2D eigenvalue weighted by Gasteiger charge is 2.13. The van der Waals surface area contributed by atoms with E-state index in [1.165, 1.54) is 30.5 Å². The number of nitrogens with two attached hydrogens (primary N) is 1. The van der Waals surface area contributed by atoms with Gasteiger partial charge in [0.15, 0.2) is 0 Å². The predicted molar refractivity (Wildman–Crippen MR) is 64.6 cm³/mol. The summed E-state index contributed by atoms with van der Waals surface area (Å²) < 4.78 is 5.27. The average Bonchev–Trinajstić information content (AvgIpc) is 2.28. The summed E-state index contributed by atoms with van der Waals surface area (Å²) in [6.45, 7) is 0. The van der Waals surface area contributed by atoms with Gasteiger partial charge in [0.05, 0.1) is 4.92 Å². The van der Waals surface area contributed by atoms with E-state index < -0.39 is 4.92 Å². The largest absolute Gasteiger partial charge is 0.424 e. The van der Waals surface area contributed by atoms with Gasteiger partial charge in [-0.05, 0) is 12.1 Å². The summed E-state index contributed by atoms with van der Waals surface area (Å²) in [7, 11) is 0. The van der Waals surface area contributed by atoms with Gasteiger partial charge in [-0.15, -0.1) is 0 Å². The molecule has 0 aliphatic carbocycles. The van der Waals surface area contributed by atoms with Crippen LogP contribution in [0.15, 0.2) is 30.5 Å². The van der Waals surface area contributed by atoms with Gasteiger partial charge >= 0.3 is 6.01 Å². The Morgan fingerprint density at radius 2 is 2.17 bits per heavy atom. The normalized spacial score (nSPS) is 10.1. The van der Waals surface area contributed by atoms with Gasteiger partial charge in [-0.3, -0.25) is 10.1 Å². The minimum Gasteiger partial charge on any atom is -0.424 e. The first kappa shape index (κ1) is 12.1. The van der Waals surface area contributed by atoms with Crippen LogP contribution >= 0.6 is 11.6 Å². The Hall–Kier alpha value is -2.41. The number of nitrogen functional groups attached to an aromatic ring is 1. The van der Waals surface area contributed by atoms with Crippen molar-refractivity contribution in [2.75, 3.05) is 5.73 Å². The van der Waals surface area contributed by atoms with Crippen LogP contribution in [0.3, 0.4) is 0 Å². The maximum absolute atomic E-state index is 10.6. The van der Waals surface area contributed by atoms with Gasteiger partial charge in [0.2, 0.25) is 0 Å². The second kappa shape index (κ2) is 4.84. The molecule has 1 aromatic carbocycles. The maximum Gasteiger partial charge on any atom is 0.323 e. The molecule has 1 aromatic heterocycles. The van der Waals surface area contributed by atoms with Crippen molar-refractivity contribution < 1.29 is 9.66 Å². The van der Waals surface area contributed by atoms with E-state index in [2.05, 4.69) is 9.97 Å². The molecule has 2 aromatic rings. The topological polar surface area (TPSA) is 104 Å². The van der Waals surface area contributed by atoms with E-state index in [0.29, 0.717) is 0 Å². The minimum absolute atomic E-state index is 0.0265. The summed E-state index contributed by atoms with van der Waals surface area (Å²) in [5, 5.41) is 10.5. The highest BCUT2D eigenvalue weighted by molar-refractivity contribution is 6.32. The molecule has 0 bridgehead atoms. The molecule has 0 fully saturated rings. The molecular weight excluding hydrogens is 260 g/mol. The van der Waals surface area contributed by atoms with Crippen LogP contribution in [0.5, 0.6) is 11.8 Å². The van der Waals surface area contributed by atoms with Crippen molar-refractivity contribution in [3.8, 4) is 11.8 Å². The van der Waals surface area contributed by atoms with Crippen LogP contribution in [0.1, 0.15) is 0 Å². The Bertz CT molecular complexity index is 605. The molecule has 18 heavy (non-hydrogen) atoms. The van der Waals surface area contributed by atoms with Crippen molar-refractivity contribution in [2.45, 2.75) is 0 Å². The number of nitrogens with zero attached hydrogens (tertiary/aromatic N) is 3. The molecule has 1 heterocycles. The number of rotatable bonds is 3. The van der Waals surface area contributed by atoms with Crippen LogP contribution in [0, 0.1) is 10.1 Å². The van der Waals surface area contributed by atoms with Crippen LogP contribution in [-0.4, -0.2) is 14.9 Å². The number of aromatic nitrogens is 2. The molecule has 2 rings (SSSR count). The Kier molecular flexibility index (Phi) is 3.24. The van der Waals surface area contributed by atoms with Gasteiger partial charge in [-0.2, -0.15) is 4.98 Å². The van der Waals surface area contributed by atoms with E-state index in [1.807, 2.05) is 0 Å². The van der Waals surface area contributed by atoms with Gasteiger partial charge in [-0.1, -0.05) is 11.6 Å². The van der Waals surface area contributed by atoms with Crippen molar-refractivity contribution in [1.82, 2.24) is 9.97 Å². The van der Waals surface area contributed by atoms with E-state index in [0.717, 1.165) is 0 Å². The van der Waals surface area contributed by atoms with E-state index in [-0.39, 0.29) is 28.3 Å². The number of benzene rings is 1. The fourth-order valence-corrected chi connectivity index (χ4v) is 1.45. The lowest BCUT2D eigenvalue weighted by molar-refractivity contribution is -0.384. The second-order valence-electron chi connectivity index (χ2n) is 3.24. The summed E-state index contributed by atoms with van der Waals surface area (Å²) >= 11 is 5.73. The van der Waals surface area contributed by atoms with Gasteiger partial charge in [-0.25, -0.2) is 4.98 Å². The van der Waals surface area contributed by atoms with Gasteiger partial charge < -0.3 is 10.5 Å². The average molecular weight is 267 g/mol.